The summed E-state index contributed by atoms with van der Waals surface area (Å²) in [6.07, 6.45) is 4.82. The summed E-state index contributed by atoms with van der Waals surface area (Å²) < 4.78 is 25.5. The van der Waals surface area contributed by atoms with Crippen molar-refractivity contribution in [3.63, 3.8) is 0 Å². The number of carbonyl (C=O) groups is 1. The predicted octanol–water partition coefficient (Wildman–Crippen LogP) is 3.02. The van der Waals surface area contributed by atoms with Crippen LogP contribution in [0, 0.1) is 5.82 Å². The summed E-state index contributed by atoms with van der Waals surface area (Å²) in [6.45, 7) is 0.153. The molecule has 0 aliphatic carbocycles. The van der Waals surface area contributed by atoms with Crippen LogP contribution in [0.15, 0.2) is 59.6 Å². The van der Waals surface area contributed by atoms with Crippen molar-refractivity contribution in [2.75, 3.05) is 7.11 Å². The molecule has 136 valence electrons. The molecule has 0 atom stereocenters. The highest BCUT2D eigenvalue weighted by atomic mass is 19.1. The standard InChI is InChI=1S/C19H15FN4O3/c1-26-16-5-12(4-15(20)7-16)8-21-19(25)24-11-27-18-6-13(2-3-17(18)24)14-9-22-23-10-14/h2-7,9-11H,8H2,1H3,(H-,21,22,23,25)/p+1. The molecule has 0 aliphatic heterocycles. The highest BCUT2D eigenvalue weighted by molar-refractivity contribution is 5.80. The van der Waals surface area contributed by atoms with Crippen LogP contribution in [0.3, 0.4) is 0 Å². The van der Waals surface area contributed by atoms with Gasteiger partial charge >= 0.3 is 6.03 Å². The molecule has 0 unspecified atom stereocenters. The van der Waals surface area contributed by atoms with Crippen LogP contribution in [0.5, 0.6) is 5.75 Å². The number of aromatic amines is 1. The Balaban J connectivity index is 1.54. The van der Waals surface area contributed by atoms with E-state index in [0.717, 1.165) is 11.1 Å². The molecule has 0 saturated carbocycles. The summed E-state index contributed by atoms with van der Waals surface area (Å²) in [5, 5.41) is 9.42. The third-order valence-corrected chi connectivity index (χ3v) is 4.17. The number of H-pyrrole nitrogens is 1. The van der Waals surface area contributed by atoms with Crippen molar-refractivity contribution in [1.82, 2.24) is 15.5 Å². The first-order valence-corrected chi connectivity index (χ1v) is 8.18. The van der Waals surface area contributed by atoms with Crippen LogP contribution in [0.1, 0.15) is 5.56 Å². The van der Waals surface area contributed by atoms with Gasteiger partial charge in [0, 0.05) is 17.8 Å². The SMILES string of the molecule is COc1cc(F)cc(CNC(=O)[n+]2coc3cc(-c4cn[nH]c4)ccc32)c1. The smallest absolute Gasteiger partial charge is 0.497 e. The minimum Gasteiger partial charge on any atom is -0.497 e. The third kappa shape index (κ3) is 3.37. The molecule has 0 aliphatic rings. The highest BCUT2D eigenvalue weighted by Crippen LogP contribution is 2.22. The topological polar surface area (TPSA) is 84.0 Å². The first-order chi connectivity index (χ1) is 13.1. The zero-order valence-corrected chi connectivity index (χ0v) is 14.4. The number of rotatable bonds is 4. The number of hydrogen-bond acceptors (Lipinski definition) is 4. The molecule has 4 rings (SSSR count). The van der Waals surface area contributed by atoms with Gasteiger partial charge in [-0.2, -0.15) is 9.89 Å². The second kappa shape index (κ2) is 6.91. The van der Waals surface area contributed by atoms with Crippen LogP contribution in [-0.4, -0.2) is 23.3 Å². The van der Waals surface area contributed by atoms with Gasteiger partial charge in [0.15, 0.2) is 11.1 Å². The molecule has 2 aromatic carbocycles. The molecule has 27 heavy (non-hydrogen) atoms. The van der Waals surface area contributed by atoms with Gasteiger partial charge in [-0.05, 0) is 41.5 Å². The van der Waals surface area contributed by atoms with Gasteiger partial charge in [-0.1, -0.05) is 0 Å². The van der Waals surface area contributed by atoms with Crippen molar-refractivity contribution in [2.45, 2.75) is 6.54 Å². The molecule has 7 nitrogen and oxygen atoms in total. The maximum absolute atomic E-state index is 13.6. The van der Waals surface area contributed by atoms with Crippen LogP contribution in [0.2, 0.25) is 0 Å². The van der Waals surface area contributed by atoms with E-state index < -0.39 is 5.82 Å². The van der Waals surface area contributed by atoms with Gasteiger partial charge in [-0.3, -0.25) is 5.10 Å². The molecular weight excluding hydrogens is 351 g/mol. The minimum atomic E-state index is -0.424. The Hall–Kier alpha value is -3.68. The summed E-state index contributed by atoms with van der Waals surface area (Å²) in [7, 11) is 1.46. The summed E-state index contributed by atoms with van der Waals surface area (Å²) >= 11 is 0. The van der Waals surface area contributed by atoms with Crippen LogP contribution >= 0.6 is 0 Å². The quantitative estimate of drug-likeness (QED) is 0.543. The van der Waals surface area contributed by atoms with E-state index in [2.05, 4.69) is 15.5 Å². The van der Waals surface area contributed by atoms with Gasteiger partial charge in [-0.25, -0.2) is 9.71 Å². The second-order valence-corrected chi connectivity index (χ2v) is 5.92. The molecule has 8 heteroatoms. The highest BCUT2D eigenvalue weighted by Gasteiger charge is 2.20. The molecule has 0 spiro atoms. The number of benzene rings is 2. The van der Waals surface area contributed by atoms with Crippen molar-refractivity contribution < 1.29 is 22.9 Å². The van der Waals surface area contributed by atoms with Crippen LogP contribution in [0.25, 0.3) is 22.2 Å². The lowest BCUT2D eigenvalue weighted by Crippen LogP contribution is -2.48. The molecule has 2 heterocycles. The lowest BCUT2D eigenvalue weighted by Gasteiger charge is -2.03. The molecule has 0 fully saturated rings. The van der Waals surface area contributed by atoms with Crippen molar-refractivity contribution in [3.8, 4) is 16.9 Å². The minimum absolute atomic E-state index is 0.153. The van der Waals surface area contributed by atoms with Gasteiger partial charge in [0.1, 0.15) is 18.1 Å². The number of nitrogens with zero attached hydrogens (tertiary/aromatic N) is 2. The number of ether oxygens (including phenoxy) is 1. The molecule has 0 radical (unpaired) electrons. The Morgan fingerprint density at radius 1 is 1.30 bits per heavy atom. The molecule has 0 saturated heterocycles. The number of halogens is 1. The summed E-state index contributed by atoms with van der Waals surface area (Å²) in [5.74, 6) is -0.0285. The number of methoxy groups -OCH3 is 1. The Labute approximate surface area is 153 Å². The van der Waals surface area contributed by atoms with E-state index in [1.54, 1.807) is 24.5 Å². The summed E-state index contributed by atoms with van der Waals surface area (Å²) in [6, 6.07) is 9.42. The fourth-order valence-electron chi connectivity index (χ4n) is 2.82. The van der Waals surface area contributed by atoms with Crippen molar-refractivity contribution in [2.24, 2.45) is 0 Å². The number of fused-ring (bicyclic) bond motifs is 1. The van der Waals surface area contributed by atoms with E-state index in [1.165, 1.54) is 30.2 Å². The molecule has 2 aromatic heterocycles. The van der Waals surface area contributed by atoms with Crippen LogP contribution in [0.4, 0.5) is 9.18 Å². The van der Waals surface area contributed by atoms with Gasteiger partial charge in [0.2, 0.25) is 0 Å². The zero-order valence-electron chi connectivity index (χ0n) is 14.4. The first kappa shape index (κ1) is 16.8. The van der Waals surface area contributed by atoms with E-state index in [9.17, 15) is 9.18 Å². The van der Waals surface area contributed by atoms with Gasteiger partial charge < -0.3 is 9.15 Å². The monoisotopic (exact) mass is 367 g/mol. The fourth-order valence-corrected chi connectivity index (χ4v) is 2.82. The van der Waals surface area contributed by atoms with E-state index in [0.29, 0.717) is 22.4 Å². The number of nitrogens with one attached hydrogen (secondary N) is 2. The molecule has 2 N–H and O–H groups in total. The fraction of sp³-hybridized carbons (Fsp3) is 0.105. The Bertz CT molecular complexity index is 1110. The summed E-state index contributed by atoms with van der Waals surface area (Å²) in [5.41, 5.74) is 3.62. The number of amides is 1. The number of oxazole rings is 1. The Morgan fingerprint density at radius 3 is 2.96 bits per heavy atom. The lowest BCUT2D eigenvalue weighted by molar-refractivity contribution is -0.549. The largest absolute Gasteiger partial charge is 0.499 e. The number of aromatic nitrogens is 3. The van der Waals surface area contributed by atoms with Crippen LogP contribution < -0.4 is 14.6 Å². The molecular formula is C19H16FN4O3+. The summed E-state index contributed by atoms with van der Waals surface area (Å²) in [4.78, 5) is 12.5. The Kier molecular flexibility index (Phi) is 4.29. The normalized spacial score (nSPS) is 10.9. The van der Waals surface area contributed by atoms with E-state index in [-0.39, 0.29) is 12.6 Å². The first-order valence-electron chi connectivity index (χ1n) is 8.18. The zero-order chi connectivity index (χ0) is 18.8. The van der Waals surface area contributed by atoms with E-state index >= 15 is 0 Å². The maximum Gasteiger partial charge on any atom is 0.499 e. The molecule has 1 amide bonds. The number of hydrogen-bond donors (Lipinski definition) is 2. The number of carbonyl (C=O) groups excluding carboxylic acids is 1. The van der Waals surface area contributed by atoms with E-state index in [4.69, 9.17) is 9.15 Å². The van der Waals surface area contributed by atoms with Crippen molar-refractivity contribution >= 4 is 17.1 Å². The molecule has 0 bridgehead atoms. The predicted molar refractivity (Wildman–Crippen MR) is 94.6 cm³/mol. The lowest BCUT2D eigenvalue weighted by atomic mass is 10.1. The van der Waals surface area contributed by atoms with Gasteiger partial charge in [-0.15, -0.1) is 4.57 Å². The Morgan fingerprint density at radius 2 is 2.19 bits per heavy atom. The van der Waals surface area contributed by atoms with Gasteiger partial charge in [0.05, 0.1) is 13.3 Å². The second-order valence-electron chi connectivity index (χ2n) is 5.92. The molecule has 4 aromatic rings. The van der Waals surface area contributed by atoms with Crippen LogP contribution in [-0.2, 0) is 6.54 Å². The van der Waals surface area contributed by atoms with Crippen molar-refractivity contribution in [3.05, 3.63) is 66.6 Å². The van der Waals surface area contributed by atoms with Gasteiger partial charge in [0.25, 0.3) is 6.39 Å². The average molecular weight is 367 g/mol. The average Bonchev–Trinajstić information content (AvgIpc) is 3.34. The van der Waals surface area contributed by atoms with E-state index in [1.807, 2.05) is 12.1 Å². The van der Waals surface area contributed by atoms with Crippen molar-refractivity contribution in [1.29, 1.82) is 0 Å². The third-order valence-electron chi connectivity index (χ3n) is 4.17. The maximum atomic E-state index is 13.6.